The molecule has 3 rings (SSSR count). The van der Waals surface area contributed by atoms with Crippen LogP contribution in [0.15, 0.2) is 44.0 Å². The molecule has 0 unspecified atom stereocenters. The van der Waals surface area contributed by atoms with E-state index in [1.54, 1.807) is 6.07 Å². The number of nitro groups is 1. The zero-order chi connectivity index (χ0) is 23.1. The van der Waals surface area contributed by atoms with Gasteiger partial charge in [-0.3, -0.25) is 14.9 Å². The second-order valence-corrected chi connectivity index (χ2v) is 9.76. The molecule has 0 N–H and O–H groups in total. The summed E-state index contributed by atoms with van der Waals surface area (Å²) in [5.41, 5.74) is -1.08. The number of carbonyl (C=O) groups excluding carboxylic acids is 1. The monoisotopic (exact) mass is 425 g/mol. The highest BCUT2D eigenvalue weighted by atomic mass is 16.6. The van der Waals surface area contributed by atoms with Gasteiger partial charge in [0.2, 0.25) is 0 Å². The van der Waals surface area contributed by atoms with Crippen LogP contribution in [0.5, 0.6) is 0 Å². The Hall–Kier alpha value is -3.22. The lowest BCUT2D eigenvalue weighted by atomic mass is 9.87. The lowest BCUT2D eigenvalue weighted by Crippen LogP contribution is -2.20. The van der Waals surface area contributed by atoms with E-state index in [0.29, 0.717) is 22.5 Å². The first-order valence-electron chi connectivity index (χ1n) is 10.2. The molecule has 3 aromatic rings. The molecule has 7 heteroatoms. The molecule has 7 nitrogen and oxygen atoms in total. The predicted molar refractivity (Wildman–Crippen MR) is 118 cm³/mol. The van der Waals surface area contributed by atoms with E-state index in [9.17, 15) is 19.7 Å². The molecule has 0 aliphatic carbocycles. The van der Waals surface area contributed by atoms with Gasteiger partial charge >= 0.3 is 5.63 Å². The van der Waals surface area contributed by atoms with Crippen molar-refractivity contribution in [2.75, 3.05) is 0 Å². The summed E-state index contributed by atoms with van der Waals surface area (Å²) in [4.78, 5) is 35.8. The van der Waals surface area contributed by atoms with E-state index in [1.807, 2.05) is 47.6 Å². The maximum Gasteiger partial charge on any atom is 0.344 e. The molecule has 1 aromatic carbocycles. The van der Waals surface area contributed by atoms with Crippen LogP contribution in [0.4, 0.5) is 5.69 Å². The zero-order valence-corrected chi connectivity index (χ0v) is 18.7. The summed E-state index contributed by atoms with van der Waals surface area (Å²) in [6.45, 7) is 11.6. The van der Waals surface area contributed by atoms with Crippen LogP contribution in [0.3, 0.4) is 0 Å². The summed E-state index contributed by atoms with van der Waals surface area (Å²) >= 11 is 0. The quantitative estimate of drug-likeness (QED) is 0.378. The number of furan rings is 1. The smallest absolute Gasteiger partial charge is 0.344 e. The largest absolute Gasteiger partial charge is 0.460 e. The fourth-order valence-electron chi connectivity index (χ4n) is 3.32. The van der Waals surface area contributed by atoms with Crippen LogP contribution in [0.1, 0.15) is 59.5 Å². The van der Waals surface area contributed by atoms with E-state index in [2.05, 4.69) is 0 Å². The second kappa shape index (κ2) is 7.80. The van der Waals surface area contributed by atoms with Gasteiger partial charge in [0.15, 0.2) is 0 Å². The molecule has 0 saturated carbocycles. The Kier molecular flexibility index (Phi) is 5.65. The normalized spacial score (nSPS) is 12.3. The Morgan fingerprint density at radius 3 is 2.23 bits per heavy atom. The molecule has 0 radical (unpaired) electrons. The van der Waals surface area contributed by atoms with Gasteiger partial charge in [0, 0.05) is 41.2 Å². The van der Waals surface area contributed by atoms with Gasteiger partial charge in [-0.05, 0) is 18.2 Å². The minimum absolute atomic E-state index is 0.0414. The Morgan fingerprint density at radius 1 is 1.00 bits per heavy atom. The zero-order valence-electron chi connectivity index (χ0n) is 18.7. The second-order valence-electron chi connectivity index (χ2n) is 9.76. The van der Waals surface area contributed by atoms with Crippen molar-refractivity contribution in [2.24, 2.45) is 5.41 Å². The summed E-state index contributed by atoms with van der Waals surface area (Å²) < 4.78 is 11.7. The molecule has 31 heavy (non-hydrogen) atoms. The highest BCUT2D eigenvalue weighted by molar-refractivity contribution is 5.96. The van der Waals surface area contributed by atoms with Crippen LogP contribution >= 0.6 is 0 Å². The lowest BCUT2D eigenvalue weighted by Gasteiger charge is -2.17. The number of nitro benzene ring substituents is 1. The van der Waals surface area contributed by atoms with Crippen molar-refractivity contribution in [1.82, 2.24) is 0 Å². The first-order chi connectivity index (χ1) is 14.3. The molecule has 164 valence electrons. The van der Waals surface area contributed by atoms with E-state index in [4.69, 9.17) is 8.83 Å². The minimum atomic E-state index is -0.678. The standard InChI is InChI=1S/C24H27NO6/c1-23(2,3)19(26)11-9-18-21(17-10-12-20(30-17)24(4,5)6)15-8-7-14(25(28)29)13-16(15)22(27)31-18/h7-8,10,12-13H,9,11H2,1-6H3. The van der Waals surface area contributed by atoms with Gasteiger partial charge in [-0.2, -0.15) is 0 Å². The molecule has 0 amide bonds. The molecule has 0 spiro atoms. The van der Waals surface area contributed by atoms with Gasteiger partial charge < -0.3 is 8.83 Å². The van der Waals surface area contributed by atoms with Crippen molar-refractivity contribution in [3.05, 3.63) is 62.4 Å². The Morgan fingerprint density at radius 2 is 1.68 bits per heavy atom. The van der Waals surface area contributed by atoms with E-state index < -0.39 is 16.0 Å². The third-order valence-corrected chi connectivity index (χ3v) is 5.21. The molecule has 0 aliphatic rings. The highest BCUT2D eigenvalue weighted by Gasteiger charge is 2.26. The number of nitrogens with zero attached hydrogens (tertiary/aromatic N) is 1. The molecule has 0 fully saturated rings. The van der Waals surface area contributed by atoms with Gasteiger partial charge in [-0.1, -0.05) is 41.5 Å². The topological polar surface area (TPSA) is 104 Å². The lowest BCUT2D eigenvalue weighted by molar-refractivity contribution is -0.384. The predicted octanol–water partition coefficient (Wildman–Crippen LogP) is 5.81. The number of fused-ring (bicyclic) bond motifs is 1. The summed E-state index contributed by atoms with van der Waals surface area (Å²) in [5, 5.41) is 11.8. The first kappa shape index (κ1) is 22.5. The fourth-order valence-corrected chi connectivity index (χ4v) is 3.32. The van der Waals surface area contributed by atoms with Crippen LogP contribution in [-0.2, 0) is 16.6 Å². The van der Waals surface area contributed by atoms with E-state index in [0.717, 1.165) is 5.76 Å². The molecule has 0 bridgehead atoms. The number of Topliss-reactive ketones (excluding diaryl/α,β-unsaturated/α-hetero) is 1. The number of rotatable bonds is 5. The first-order valence-corrected chi connectivity index (χ1v) is 10.2. The number of carbonyl (C=O) groups is 1. The Bertz CT molecular complexity index is 1220. The van der Waals surface area contributed by atoms with E-state index in [-0.39, 0.29) is 35.1 Å². The fraction of sp³-hybridized carbons (Fsp3) is 0.417. The van der Waals surface area contributed by atoms with Crippen molar-refractivity contribution in [3.8, 4) is 11.3 Å². The van der Waals surface area contributed by atoms with Crippen LogP contribution in [0.25, 0.3) is 22.1 Å². The van der Waals surface area contributed by atoms with Crippen molar-refractivity contribution in [3.63, 3.8) is 0 Å². The number of ketones is 1. The number of aryl methyl sites for hydroxylation is 1. The Balaban J connectivity index is 2.22. The number of hydrogen-bond donors (Lipinski definition) is 0. The van der Waals surface area contributed by atoms with Gasteiger partial charge in [0.05, 0.1) is 15.9 Å². The summed E-state index contributed by atoms with van der Waals surface area (Å²) in [6, 6.07) is 7.76. The third kappa shape index (κ3) is 4.60. The highest BCUT2D eigenvalue weighted by Crippen LogP contribution is 2.36. The maximum absolute atomic E-state index is 12.7. The molecular formula is C24H27NO6. The number of hydrogen-bond acceptors (Lipinski definition) is 6. The van der Waals surface area contributed by atoms with Crippen LogP contribution in [-0.4, -0.2) is 10.7 Å². The van der Waals surface area contributed by atoms with Crippen molar-refractivity contribution in [1.29, 1.82) is 0 Å². The van der Waals surface area contributed by atoms with Gasteiger partial charge in [0.1, 0.15) is 23.1 Å². The molecule has 2 heterocycles. The summed E-state index contributed by atoms with van der Waals surface area (Å²) in [6.07, 6.45) is 0.421. The van der Waals surface area contributed by atoms with Crippen LogP contribution in [0.2, 0.25) is 0 Å². The average Bonchev–Trinajstić information content (AvgIpc) is 3.15. The minimum Gasteiger partial charge on any atom is -0.460 e. The average molecular weight is 425 g/mol. The van der Waals surface area contributed by atoms with E-state index >= 15 is 0 Å². The Labute approximate surface area is 180 Å². The number of benzene rings is 1. The SMILES string of the molecule is CC(C)(C)C(=O)CCc1oc(=O)c2cc([N+](=O)[O-])ccc2c1-c1ccc(C(C)(C)C)o1. The summed E-state index contributed by atoms with van der Waals surface area (Å²) in [7, 11) is 0. The van der Waals surface area contributed by atoms with Crippen LogP contribution in [0, 0.1) is 15.5 Å². The van der Waals surface area contributed by atoms with Gasteiger partial charge in [0.25, 0.3) is 5.69 Å². The molecular weight excluding hydrogens is 398 g/mol. The molecule has 0 saturated heterocycles. The number of non-ortho nitro benzene ring substituents is 1. The van der Waals surface area contributed by atoms with Crippen molar-refractivity contribution < 1.29 is 18.6 Å². The molecule has 2 aromatic heterocycles. The van der Waals surface area contributed by atoms with Gasteiger partial charge in [-0.25, -0.2) is 4.79 Å². The maximum atomic E-state index is 12.7. The molecule has 0 aliphatic heterocycles. The van der Waals surface area contributed by atoms with Crippen molar-refractivity contribution in [2.45, 2.75) is 59.8 Å². The van der Waals surface area contributed by atoms with Crippen molar-refractivity contribution >= 4 is 22.2 Å². The van der Waals surface area contributed by atoms with Gasteiger partial charge in [-0.15, -0.1) is 0 Å². The molecule has 0 atom stereocenters. The van der Waals surface area contributed by atoms with E-state index in [1.165, 1.54) is 18.2 Å². The summed E-state index contributed by atoms with van der Waals surface area (Å²) in [5.74, 6) is 1.62. The third-order valence-electron chi connectivity index (χ3n) is 5.21. The van der Waals surface area contributed by atoms with Crippen LogP contribution < -0.4 is 5.63 Å².